The van der Waals surface area contributed by atoms with Crippen LogP contribution in [0, 0.1) is 11.3 Å². The van der Waals surface area contributed by atoms with Crippen LogP contribution in [0.15, 0.2) is 36.5 Å². The summed E-state index contributed by atoms with van der Waals surface area (Å²) in [6.07, 6.45) is 1.59. The van der Waals surface area contributed by atoms with Crippen molar-refractivity contribution in [2.24, 2.45) is 0 Å². The molecule has 2 rings (SSSR count). The summed E-state index contributed by atoms with van der Waals surface area (Å²) < 4.78 is 0. The molecule has 0 amide bonds. The van der Waals surface area contributed by atoms with Crippen LogP contribution in [0.2, 0.25) is 5.28 Å². The number of anilines is 1. The van der Waals surface area contributed by atoms with Crippen molar-refractivity contribution in [1.29, 1.82) is 5.26 Å². The van der Waals surface area contributed by atoms with E-state index in [4.69, 9.17) is 16.9 Å². The number of hydrogen-bond acceptors (Lipinski definition) is 4. The predicted molar refractivity (Wildman–Crippen MR) is 65.5 cm³/mol. The lowest BCUT2D eigenvalue weighted by Crippen LogP contribution is -2.01. The minimum absolute atomic E-state index is 0.209. The Hall–Kier alpha value is -2.12. The highest BCUT2D eigenvalue weighted by molar-refractivity contribution is 6.28. The van der Waals surface area contributed by atoms with Crippen LogP contribution in [0.25, 0.3) is 0 Å². The summed E-state index contributed by atoms with van der Waals surface area (Å²) in [6, 6.07) is 11.2. The number of halogens is 1. The van der Waals surface area contributed by atoms with E-state index in [1.807, 2.05) is 18.2 Å². The number of nitrogens with one attached hydrogen (secondary N) is 1. The van der Waals surface area contributed by atoms with Gasteiger partial charge in [-0.1, -0.05) is 12.1 Å². The SMILES string of the molecule is N#Cc1cccc(CNc2ccnc(Cl)n2)c1. The lowest BCUT2D eigenvalue weighted by Gasteiger charge is -2.05. The third-order valence-corrected chi connectivity index (χ3v) is 2.34. The normalized spacial score (nSPS) is 9.65. The molecule has 0 bridgehead atoms. The molecule has 0 spiro atoms. The molecule has 0 saturated heterocycles. The monoisotopic (exact) mass is 244 g/mol. The van der Waals surface area contributed by atoms with Crippen molar-refractivity contribution in [3.8, 4) is 6.07 Å². The van der Waals surface area contributed by atoms with Crippen LogP contribution < -0.4 is 5.32 Å². The van der Waals surface area contributed by atoms with E-state index in [-0.39, 0.29) is 5.28 Å². The van der Waals surface area contributed by atoms with E-state index in [9.17, 15) is 0 Å². The molecule has 0 aliphatic carbocycles. The Labute approximate surface area is 104 Å². The molecular formula is C12H9ClN4. The van der Waals surface area contributed by atoms with Gasteiger partial charge >= 0.3 is 0 Å². The van der Waals surface area contributed by atoms with Crippen LogP contribution >= 0.6 is 11.6 Å². The quantitative estimate of drug-likeness (QED) is 0.843. The van der Waals surface area contributed by atoms with Gasteiger partial charge in [-0.3, -0.25) is 0 Å². The van der Waals surface area contributed by atoms with Gasteiger partial charge in [0.1, 0.15) is 5.82 Å². The van der Waals surface area contributed by atoms with Crippen molar-refractivity contribution in [1.82, 2.24) is 9.97 Å². The van der Waals surface area contributed by atoms with Gasteiger partial charge in [-0.05, 0) is 35.4 Å². The third kappa shape index (κ3) is 3.16. The summed E-state index contributed by atoms with van der Waals surface area (Å²) in [5, 5.41) is 12.1. The van der Waals surface area contributed by atoms with Crippen molar-refractivity contribution in [2.45, 2.75) is 6.54 Å². The zero-order chi connectivity index (χ0) is 12.1. The first kappa shape index (κ1) is 11.4. The van der Waals surface area contributed by atoms with E-state index < -0.39 is 0 Å². The summed E-state index contributed by atoms with van der Waals surface area (Å²) in [6.45, 7) is 0.586. The molecule has 0 unspecified atom stereocenters. The van der Waals surface area contributed by atoms with Crippen LogP contribution in [-0.2, 0) is 6.54 Å². The van der Waals surface area contributed by atoms with Gasteiger partial charge in [-0.15, -0.1) is 0 Å². The summed E-state index contributed by atoms with van der Waals surface area (Å²) in [7, 11) is 0. The van der Waals surface area contributed by atoms with Crippen molar-refractivity contribution in [3.05, 3.63) is 52.9 Å². The molecule has 1 heterocycles. The van der Waals surface area contributed by atoms with Gasteiger partial charge in [0.05, 0.1) is 11.6 Å². The maximum absolute atomic E-state index is 8.78. The lowest BCUT2D eigenvalue weighted by atomic mass is 10.1. The van der Waals surface area contributed by atoms with Crippen molar-refractivity contribution >= 4 is 17.4 Å². The molecule has 5 heteroatoms. The Morgan fingerprint density at radius 2 is 2.24 bits per heavy atom. The third-order valence-electron chi connectivity index (χ3n) is 2.16. The largest absolute Gasteiger partial charge is 0.366 e. The number of nitrogens with zero attached hydrogens (tertiary/aromatic N) is 3. The van der Waals surface area contributed by atoms with E-state index in [1.54, 1.807) is 18.3 Å². The molecule has 1 N–H and O–H groups in total. The molecule has 0 fully saturated rings. The van der Waals surface area contributed by atoms with Crippen LogP contribution in [0.4, 0.5) is 5.82 Å². The van der Waals surface area contributed by atoms with Crippen LogP contribution in [0.3, 0.4) is 0 Å². The minimum Gasteiger partial charge on any atom is -0.366 e. The fourth-order valence-corrected chi connectivity index (χ4v) is 1.52. The zero-order valence-electron chi connectivity index (χ0n) is 8.89. The summed E-state index contributed by atoms with van der Waals surface area (Å²) in [4.78, 5) is 7.80. The second-order valence-corrected chi connectivity index (χ2v) is 3.71. The highest BCUT2D eigenvalue weighted by Crippen LogP contribution is 2.09. The number of nitriles is 1. The first-order valence-corrected chi connectivity index (χ1v) is 5.37. The number of aromatic nitrogens is 2. The highest BCUT2D eigenvalue weighted by Gasteiger charge is 1.98. The van der Waals surface area contributed by atoms with Crippen molar-refractivity contribution in [2.75, 3.05) is 5.32 Å². The van der Waals surface area contributed by atoms with Crippen LogP contribution in [0.5, 0.6) is 0 Å². The molecule has 0 atom stereocenters. The van der Waals surface area contributed by atoms with Gasteiger partial charge < -0.3 is 5.32 Å². The fourth-order valence-electron chi connectivity index (χ4n) is 1.38. The standard InChI is InChI=1S/C12H9ClN4/c13-12-15-5-4-11(17-12)16-8-10-3-1-2-9(6-10)7-14/h1-6H,8H2,(H,15,16,17). The van der Waals surface area contributed by atoms with Crippen molar-refractivity contribution < 1.29 is 0 Å². The van der Waals surface area contributed by atoms with Gasteiger partial charge in [0.25, 0.3) is 0 Å². The Morgan fingerprint density at radius 3 is 3.00 bits per heavy atom. The van der Waals surface area contributed by atoms with E-state index >= 15 is 0 Å². The first-order chi connectivity index (χ1) is 8.28. The maximum atomic E-state index is 8.78. The number of benzene rings is 1. The average Bonchev–Trinajstić information content (AvgIpc) is 2.37. The Kier molecular flexibility index (Phi) is 3.53. The number of hydrogen-bond donors (Lipinski definition) is 1. The molecule has 2 aromatic rings. The Bertz CT molecular complexity index is 562. The van der Waals surface area contributed by atoms with Gasteiger partial charge in [-0.2, -0.15) is 5.26 Å². The molecule has 0 radical (unpaired) electrons. The van der Waals surface area contributed by atoms with Gasteiger partial charge in [0.15, 0.2) is 0 Å². The molecule has 0 saturated carbocycles. The second kappa shape index (κ2) is 5.28. The zero-order valence-corrected chi connectivity index (χ0v) is 9.65. The van der Waals surface area contributed by atoms with Crippen molar-refractivity contribution in [3.63, 3.8) is 0 Å². The van der Waals surface area contributed by atoms with Gasteiger partial charge in [-0.25, -0.2) is 9.97 Å². The van der Waals surface area contributed by atoms with Crippen LogP contribution in [0.1, 0.15) is 11.1 Å². The van der Waals surface area contributed by atoms with Gasteiger partial charge in [0.2, 0.25) is 5.28 Å². The summed E-state index contributed by atoms with van der Waals surface area (Å²) >= 11 is 5.67. The Balaban J connectivity index is 2.05. The molecule has 84 valence electrons. The van der Waals surface area contributed by atoms with E-state index in [1.165, 1.54) is 0 Å². The molecule has 1 aromatic heterocycles. The molecular weight excluding hydrogens is 236 g/mol. The second-order valence-electron chi connectivity index (χ2n) is 3.38. The van der Waals surface area contributed by atoms with E-state index in [0.29, 0.717) is 17.9 Å². The Morgan fingerprint density at radius 1 is 1.35 bits per heavy atom. The topological polar surface area (TPSA) is 61.6 Å². The smallest absolute Gasteiger partial charge is 0.224 e. The first-order valence-electron chi connectivity index (χ1n) is 4.99. The number of rotatable bonds is 3. The molecule has 17 heavy (non-hydrogen) atoms. The predicted octanol–water partition coefficient (Wildman–Crippen LogP) is 2.61. The molecule has 4 nitrogen and oxygen atoms in total. The van der Waals surface area contributed by atoms with Crippen LogP contribution in [-0.4, -0.2) is 9.97 Å². The van der Waals surface area contributed by atoms with E-state index in [0.717, 1.165) is 5.56 Å². The molecule has 0 aliphatic heterocycles. The summed E-state index contributed by atoms with van der Waals surface area (Å²) in [5.41, 5.74) is 1.66. The average molecular weight is 245 g/mol. The fraction of sp³-hybridized carbons (Fsp3) is 0.0833. The van der Waals surface area contributed by atoms with E-state index in [2.05, 4.69) is 21.4 Å². The molecule has 1 aromatic carbocycles. The lowest BCUT2D eigenvalue weighted by molar-refractivity contribution is 1.08. The summed E-state index contributed by atoms with van der Waals surface area (Å²) in [5.74, 6) is 0.660. The van der Waals surface area contributed by atoms with Gasteiger partial charge in [0, 0.05) is 12.7 Å². The highest BCUT2D eigenvalue weighted by atomic mass is 35.5. The minimum atomic E-state index is 0.209. The maximum Gasteiger partial charge on any atom is 0.224 e. The molecule has 0 aliphatic rings.